The first-order chi connectivity index (χ1) is 16.0. The summed E-state index contributed by atoms with van der Waals surface area (Å²) in [4.78, 5) is 34.1. The van der Waals surface area contributed by atoms with Gasteiger partial charge in [0.1, 0.15) is 11.9 Å². The van der Waals surface area contributed by atoms with Crippen molar-refractivity contribution in [2.75, 3.05) is 24.5 Å². The van der Waals surface area contributed by atoms with Gasteiger partial charge in [0.05, 0.1) is 11.3 Å². The molecule has 2 aliphatic heterocycles. The van der Waals surface area contributed by atoms with Crippen LogP contribution in [0.1, 0.15) is 65.7 Å². The van der Waals surface area contributed by atoms with Crippen LogP contribution in [0.25, 0.3) is 11.1 Å². The molecule has 33 heavy (non-hydrogen) atoms. The lowest BCUT2D eigenvalue weighted by Gasteiger charge is -2.41. The van der Waals surface area contributed by atoms with Gasteiger partial charge < -0.3 is 15.1 Å². The quantitative estimate of drug-likeness (QED) is 0.787. The van der Waals surface area contributed by atoms with Crippen molar-refractivity contribution in [2.24, 2.45) is 5.92 Å². The zero-order chi connectivity index (χ0) is 22.7. The molecule has 1 aromatic carbocycles. The third-order valence-corrected chi connectivity index (χ3v) is 7.39. The van der Waals surface area contributed by atoms with Crippen LogP contribution in [0, 0.1) is 17.2 Å². The van der Waals surface area contributed by atoms with Gasteiger partial charge in [0.15, 0.2) is 0 Å². The van der Waals surface area contributed by atoms with Gasteiger partial charge in [-0.1, -0.05) is 12.1 Å². The SMILES string of the molecule is CC1CN(c2nc(C3CC3)c(-c3cccc4c3CNC4=O)cc2C#N)CCN1C(=O)C1CC1. The first kappa shape index (κ1) is 20.2. The zero-order valence-electron chi connectivity index (χ0n) is 18.8. The third kappa shape index (κ3) is 3.45. The molecule has 1 saturated heterocycles. The lowest BCUT2D eigenvalue weighted by Crippen LogP contribution is -2.54. The van der Waals surface area contributed by atoms with E-state index in [1.54, 1.807) is 0 Å². The van der Waals surface area contributed by atoms with Gasteiger partial charge in [-0.3, -0.25) is 9.59 Å². The van der Waals surface area contributed by atoms with E-state index in [1.807, 2.05) is 29.2 Å². The summed E-state index contributed by atoms with van der Waals surface area (Å²) in [6, 6.07) is 10.2. The minimum absolute atomic E-state index is 0.0440. The molecular formula is C26H27N5O2. The van der Waals surface area contributed by atoms with Crippen LogP contribution in [-0.4, -0.2) is 47.4 Å². The molecule has 7 heteroatoms. The number of anilines is 1. The van der Waals surface area contributed by atoms with Crippen molar-refractivity contribution in [3.05, 3.63) is 46.6 Å². The lowest BCUT2D eigenvalue weighted by molar-refractivity contribution is -0.134. The number of nitrogens with zero attached hydrogens (tertiary/aromatic N) is 4. The summed E-state index contributed by atoms with van der Waals surface area (Å²) in [6.07, 6.45) is 4.22. The molecule has 2 saturated carbocycles. The number of rotatable bonds is 4. The third-order valence-electron chi connectivity index (χ3n) is 7.39. The average molecular weight is 442 g/mol. The molecule has 7 nitrogen and oxygen atoms in total. The predicted molar refractivity (Wildman–Crippen MR) is 124 cm³/mol. The second-order valence-electron chi connectivity index (χ2n) is 9.79. The summed E-state index contributed by atoms with van der Waals surface area (Å²) in [5.41, 5.74) is 5.25. The highest BCUT2D eigenvalue weighted by Gasteiger charge is 2.38. The van der Waals surface area contributed by atoms with E-state index in [1.165, 1.54) is 0 Å². The molecule has 4 aliphatic rings. The Morgan fingerprint density at radius 2 is 1.94 bits per heavy atom. The number of carbonyl (C=O) groups excluding carboxylic acids is 2. The van der Waals surface area contributed by atoms with Crippen molar-refractivity contribution in [2.45, 2.75) is 51.1 Å². The molecule has 1 atom stereocenters. The van der Waals surface area contributed by atoms with E-state index >= 15 is 0 Å². The van der Waals surface area contributed by atoms with Gasteiger partial charge in [-0.05, 0) is 55.9 Å². The lowest BCUT2D eigenvalue weighted by atomic mass is 9.93. The summed E-state index contributed by atoms with van der Waals surface area (Å²) in [5, 5.41) is 13.0. The first-order valence-corrected chi connectivity index (χ1v) is 12.0. The molecule has 0 spiro atoms. The molecule has 168 valence electrons. The summed E-state index contributed by atoms with van der Waals surface area (Å²) in [5.74, 6) is 1.59. The van der Waals surface area contributed by atoms with E-state index < -0.39 is 0 Å². The number of carbonyl (C=O) groups is 2. The summed E-state index contributed by atoms with van der Waals surface area (Å²) >= 11 is 0. The van der Waals surface area contributed by atoms with Crippen molar-refractivity contribution >= 4 is 17.6 Å². The fourth-order valence-corrected chi connectivity index (χ4v) is 5.27. The molecule has 1 aromatic heterocycles. The molecule has 3 fully saturated rings. The van der Waals surface area contributed by atoms with Gasteiger partial charge in [0.25, 0.3) is 5.91 Å². The Labute approximate surface area is 193 Å². The largest absolute Gasteiger partial charge is 0.352 e. The number of amides is 2. The number of aromatic nitrogens is 1. The normalized spacial score (nSPS) is 22.1. The Morgan fingerprint density at radius 1 is 1.15 bits per heavy atom. The van der Waals surface area contributed by atoms with E-state index in [2.05, 4.69) is 23.2 Å². The minimum atomic E-state index is -0.0440. The van der Waals surface area contributed by atoms with E-state index in [0.29, 0.717) is 43.2 Å². The Balaban J connectivity index is 1.37. The van der Waals surface area contributed by atoms with Crippen molar-refractivity contribution in [3.63, 3.8) is 0 Å². The van der Waals surface area contributed by atoms with E-state index in [4.69, 9.17) is 4.98 Å². The Hall–Kier alpha value is -3.40. The highest BCUT2D eigenvalue weighted by Crippen LogP contribution is 2.46. The van der Waals surface area contributed by atoms with Gasteiger partial charge in [-0.2, -0.15) is 5.26 Å². The number of hydrogen-bond donors (Lipinski definition) is 1. The van der Waals surface area contributed by atoms with Crippen LogP contribution in [0.5, 0.6) is 0 Å². The van der Waals surface area contributed by atoms with Crippen LogP contribution in [0.3, 0.4) is 0 Å². The predicted octanol–water partition coefficient (Wildman–Crippen LogP) is 3.19. The minimum Gasteiger partial charge on any atom is -0.352 e. The molecule has 0 bridgehead atoms. The zero-order valence-corrected chi connectivity index (χ0v) is 18.8. The molecule has 6 rings (SSSR count). The average Bonchev–Trinajstić information content (AvgIpc) is 3.75. The van der Waals surface area contributed by atoms with Gasteiger partial charge >= 0.3 is 0 Å². The maximum Gasteiger partial charge on any atom is 0.251 e. The number of piperazine rings is 1. The molecule has 2 aliphatic carbocycles. The highest BCUT2D eigenvalue weighted by molar-refractivity contribution is 6.00. The van der Waals surface area contributed by atoms with Crippen molar-refractivity contribution < 1.29 is 9.59 Å². The molecule has 1 unspecified atom stereocenters. The number of benzene rings is 1. The van der Waals surface area contributed by atoms with Gasteiger partial charge in [0, 0.05) is 55.2 Å². The van der Waals surface area contributed by atoms with Crippen LogP contribution in [0.4, 0.5) is 5.82 Å². The number of fused-ring (bicyclic) bond motifs is 1. The van der Waals surface area contributed by atoms with Crippen molar-refractivity contribution in [3.8, 4) is 17.2 Å². The van der Waals surface area contributed by atoms with Crippen molar-refractivity contribution in [1.29, 1.82) is 5.26 Å². The summed E-state index contributed by atoms with van der Waals surface area (Å²) < 4.78 is 0. The fourth-order valence-electron chi connectivity index (χ4n) is 5.27. The van der Waals surface area contributed by atoms with Gasteiger partial charge in [0.2, 0.25) is 5.91 Å². The molecule has 0 radical (unpaired) electrons. The molecular weight excluding hydrogens is 414 g/mol. The smallest absolute Gasteiger partial charge is 0.251 e. The van der Waals surface area contributed by atoms with E-state index in [9.17, 15) is 14.9 Å². The van der Waals surface area contributed by atoms with E-state index in [0.717, 1.165) is 53.9 Å². The monoisotopic (exact) mass is 441 g/mol. The second-order valence-corrected chi connectivity index (χ2v) is 9.79. The van der Waals surface area contributed by atoms with Crippen LogP contribution in [-0.2, 0) is 11.3 Å². The highest BCUT2D eigenvalue weighted by atomic mass is 16.2. The maximum atomic E-state index is 12.6. The topological polar surface area (TPSA) is 89.3 Å². The molecule has 2 amide bonds. The van der Waals surface area contributed by atoms with Crippen LogP contribution >= 0.6 is 0 Å². The Kier molecular flexibility index (Phi) is 4.65. The summed E-state index contributed by atoms with van der Waals surface area (Å²) in [7, 11) is 0. The Morgan fingerprint density at radius 3 is 2.64 bits per heavy atom. The standard InChI is InChI=1S/C26H27N5O2/c1-15-14-30(9-10-31(15)26(33)17-7-8-17)24-18(12-27)11-21(23(29-24)16-5-6-16)19-3-2-4-20-22(19)13-28-25(20)32/h2-4,11,15-17H,5-10,13-14H2,1H3,(H,28,32). The second kappa shape index (κ2) is 7.58. The van der Waals surface area contributed by atoms with Crippen LogP contribution in [0.2, 0.25) is 0 Å². The van der Waals surface area contributed by atoms with E-state index in [-0.39, 0.29) is 23.8 Å². The van der Waals surface area contributed by atoms with Gasteiger partial charge in [-0.25, -0.2) is 4.98 Å². The Bertz CT molecular complexity index is 1210. The van der Waals surface area contributed by atoms with Gasteiger partial charge in [-0.15, -0.1) is 0 Å². The van der Waals surface area contributed by atoms with Crippen LogP contribution < -0.4 is 10.2 Å². The first-order valence-electron chi connectivity index (χ1n) is 12.0. The fraction of sp³-hybridized carbons (Fsp3) is 0.462. The molecule has 2 aromatic rings. The maximum absolute atomic E-state index is 12.6. The van der Waals surface area contributed by atoms with Crippen molar-refractivity contribution in [1.82, 2.24) is 15.2 Å². The van der Waals surface area contributed by atoms with Crippen LogP contribution in [0.15, 0.2) is 24.3 Å². The number of nitrogens with one attached hydrogen (secondary N) is 1. The number of pyridine rings is 1. The number of hydrogen-bond acceptors (Lipinski definition) is 5. The molecule has 1 N–H and O–H groups in total. The summed E-state index contributed by atoms with van der Waals surface area (Å²) in [6.45, 7) is 4.64. The molecule has 3 heterocycles. The number of nitriles is 1.